The van der Waals surface area contributed by atoms with Gasteiger partial charge in [0.05, 0.1) is 12.7 Å². The summed E-state index contributed by atoms with van der Waals surface area (Å²) in [6.07, 6.45) is 8.17. The van der Waals surface area contributed by atoms with E-state index < -0.39 is 0 Å². The van der Waals surface area contributed by atoms with Crippen LogP contribution in [0.2, 0.25) is 0 Å². The summed E-state index contributed by atoms with van der Waals surface area (Å²) in [6.45, 7) is 7.40. The van der Waals surface area contributed by atoms with Crippen molar-refractivity contribution >= 4 is 6.08 Å². The maximum Gasteiger partial charge on any atom is 0.130 e. The Morgan fingerprint density at radius 1 is 1.21 bits per heavy atom. The first kappa shape index (κ1) is 21.2. The van der Waals surface area contributed by atoms with Gasteiger partial charge in [-0.05, 0) is 60.8 Å². The molecule has 154 valence electrons. The summed E-state index contributed by atoms with van der Waals surface area (Å²) in [6, 6.07) is 13.5. The van der Waals surface area contributed by atoms with E-state index in [2.05, 4.69) is 25.7 Å². The van der Waals surface area contributed by atoms with E-state index in [1.807, 2.05) is 42.5 Å². The van der Waals surface area contributed by atoms with Crippen molar-refractivity contribution in [3.05, 3.63) is 83.4 Å². The molecule has 2 heterocycles. The third-order valence-electron chi connectivity index (χ3n) is 5.00. The van der Waals surface area contributed by atoms with Crippen molar-refractivity contribution in [2.45, 2.75) is 45.3 Å². The van der Waals surface area contributed by atoms with E-state index >= 15 is 0 Å². The summed E-state index contributed by atoms with van der Waals surface area (Å²) in [7, 11) is 0. The van der Waals surface area contributed by atoms with Gasteiger partial charge in [0.2, 0.25) is 0 Å². The van der Waals surface area contributed by atoms with Gasteiger partial charge in [0.25, 0.3) is 0 Å². The molecule has 0 bridgehead atoms. The zero-order valence-corrected chi connectivity index (χ0v) is 17.1. The van der Waals surface area contributed by atoms with Crippen LogP contribution < -0.4 is 4.74 Å². The molecule has 0 amide bonds. The summed E-state index contributed by atoms with van der Waals surface area (Å²) in [5, 5.41) is 9.18. The highest BCUT2D eigenvalue weighted by molar-refractivity contribution is 5.48. The van der Waals surface area contributed by atoms with Gasteiger partial charge in [-0.1, -0.05) is 49.8 Å². The number of benzene rings is 1. The van der Waals surface area contributed by atoms with Gasteiger partial charge in [-0.3, -0.25) is 0 Å². The quantitative estimate of drug-likeness (QED) is 0.531. The number of hydrogen-bond acceptors (Lipinski definition) is 4. The molecular weight excluding hydrogens is 364 g/mol. The van der Waals surface area contributed by atoms with Gasteiger partial charge < -0.3 is 19.0 Å². The largest absolute Gasteiger partial charge is 0.489 e. The third-order valence-corrected chi connectivity index (χ3v) is 5.00. The number of allylic oxidation sites excluding steroid dienone is 1. The molecular formula is C25H30O4. The summed E-state index contributed by atoms with van der Waals surface area (Å²) in [5.41, 5.74) is 3.45. The second-order valence-corrected chi connectivity index (χ2v) is 7.24. The molecule has 0 fully saturated rings. The van der Waals surface area contributed by atoms with Gasteiger partial charge in [-0.15, -0.1) is 0 Å². The lowest BCUT2D eigenvalue weighted by molar-refractivity contribution is 0.116. The van der Waals surface area contributed by atoms with E-state index in [9.17, 15) is 5.11 Å². The molecule has 4 nitrogen and oxygen atoms in total. The summed E-state index contributed by atoms with van der Waals surface area (Å²) in [5.74, 6) is 2.23. The Morgan fingerprint density at radius 3 is 2.76 bits per heavy atom. The second kappa shape index (κ2) is 10.8. The number of hydrogen-bond donors (Lipinski definition) is 1. The van der Waals surface area contributed by atoms with E-state index in [-0.39, 0.29) is 12.7 Å². The normalized spacial score (nSPS) is 16.7. The molecule has 0 saturated carbocycles. The molecule has 0 radical (unpaired) electrons. The number of furan rings is 1. The molecule has 1 aliphatic heterocycles. The van der Waals surface area contributed by atoms with Gasteiger partial charge >= 0.3 is 0 Å². The maximum absolute atomic E-state index is 9.18. The topological polar surface area (TPSA) is 51.8 Å². The zero-order chi connectivity index (χ0) is 20.5. The highest BCUT2D eigenvalue weighted by Gasteiger charge is 2.22. The van der Waals surface area contributed by atoms with Crippen LogP contribution in [0.15, 0.2) is 76.3 Å². The Hall–Kier alpha value is -2.56. The smallest absolute Gasteiger partial charge is 0.130 e. The minimum absolute atomic E-state index is 0.0479. The first-order valence-corrected chi connectivity index (χ1v) is 10.3. The van der Waals surface area contributed by atoms with Crippen LogP contribution in [0, 0.1) is 0 Å². The number of aliphatic hydroxyl groups is 1. The first-order chi connectivity index (χ1) is 14.2. The Morgan fingerprint density at radius 2 is 2.03 bits per heavy atom. The van der Waals surface area contributed by atoms with Crippen molar-refractivity contribution in [2.24, 2.45) is 0 Å². The molecule has 1 unspecified atom stereocenters. The molecule has 1 aliphatic rings. The number of ether oxygens (including phenoxy) is 2. The fraction of sp³-hybridized carbons (Fsp3) is 0.360. The molecule has 4 heteroatoms. The van der Waals surface area contributed by atoms with E-state index in [0.29, 0.717) is 19.0 Å². The first-order valence-electron chi connectivity index (χ1n) is 10.3. The molecule has 0 spiro atoms. The average molecular weight is 395 g/mol. The van der Waals surface area contributed by atoms with Gasteiger partial charge in [0.15, 0.2) is 0 Å². The molecule has 1 N–H and O–H groups in total. The average Bonchev–Trinajstić information content (AvgIpc) is 3.40. The van der Waals surface area contributed by atoms with Crippen LogP contribution in [-0.4, -0.2) is 24.4 Å². The molecule has 0 aliphatic carbocycles. The van der Waals surface area contributed by atoms with Crippen molar-refractivity contribution < 1.29 is 19.0 Å². The van der Waals surface area contributed by atoms with Gasteiger partial charge in [0, 0.05) is 0 Å². The molecule has 1 atom stereocenters. The summed E-state index contributed by atoms with van der Waals surface area (Å²) >= 11 is 0. The SMILES string of the molecule is C=C(COc1ccccc1)C1=CCOC1CC/C(=C/c1ccc(CO)o1)CCC. The Kier molecular flexibility index (Phi) is 7.91. The van der Waals surface area contributed by atoms with E-state index in [0.717, 1.165) is 48.3 Å². The van der Waals surface area contributed by atoms with Crippen LogP contribution in [0.5, 0.6) is 5.75 Å². The lowest BCUT2D eigenvalue weighted by atomic mass is 9.96. The van der Waals surface area contributed by atoms with Crippen LogP contribution in [0.1, 0.15) is 44.1 Å². The molecule has 2 aromatic rings. The van der Waals surface area contributed by atoms with Crippen LogP contribution in [0.4, 0.5) is 0 Å². The lowest BCUT2D eigenvalue weighted by Gasteiger charge is -2.18. The minimum atomic E-state index is -0.0752. The van der Waals surface area contributed by atoms with Crippen LogP contribution in [0.3, 0.4) is 0 Å². The number of rotatable bonds is 11. The Balaban J connectivity index is 1.56. The maximum atomic E-state index is 9.18. The molecule has 3 rings (SSSR count). The third kappa shape index (κ3) is 6.21. The Bertz CT molecular complexity index is 845. The van der Waals surface area contributed by atoms with E-state index in [4.69, 9.17) is 13.9 Å². The van der Waals surface area contributed by atoms with E-state index in [1.54, 1.807) is 0 Å². The van der Waals surface area contributed by atoms with Crippen molar-refractivity contribution in [3.63, 3.8) is 0 Å². The lowest BCUT2D eigenvalue weighted by Crippen LogP contribution is -2.14. The second-order valence-electron chi connectivity index (χ2n) is 7.24. The van der Waals surface area contributed by atoms with Gasteiger partial charge in [0.1, 0.15) is 30.5 Å². The number of para-hydroxylation sites is 1. The number of aliphatic hydroxyl groups excluding tert-OH is 1. The Labute approximate surface area is 173 Å². The highest BCUT2D eigenvalue weighted by Crippen LogP contribution is 2.28. The minimum Gasteiger partial charge on any atom is -0.489 e. The van der Waals surface area contributed by atoms with Crippen LogP contribution in [-0.2, 0) is 11.3 Å². The summed E-state index contributed by atoms with van der Waals surface area (Å²) in [4.78, 5) is 0. The fourth-order valence-corrected chi connectivity index (χ4v) is 3.52. The standard InChI is InChI=1S/C25H30O4/c1-3-7-20(16-22-11-12-23(17-26)29-22)10-13-25-24(14-15-27-25)19(2)18-28-21-8-5-4-6-9-21/h4-6,8-9,11-12,14,16,25-26H,2-3,7,10,13,15,17-18H2,1H3/b20-16+. The molecule has 1 aromatic carbocycles. The van der Waals surface area contributed by atoms with Gasteiger partial charge in [-0.2, -0.15) is 0 Å². The van der Waals surface area contributed by atoms with Crippen LogP contribution >= 0.6 is 0 Å². The predicted octanol–water partition coefficient (Wildman–Crippen LogP) is 5.70. The fourth-order valence-electron chi connectivity index (χ4n) is 3.52. The van der Waals surface area contributed by atoms with Crippen molar-refractivity contribution in [3.8, 4) is 5.75 Å². The molecule has 29 heavy (non-hydrogen) atoms. The van der Waals surface area contributed by atoms with Crippen molar-refractivity contribution in [1.82, 2.24) is 0 Å². The molecule has 0 saturated heterocycles. The summed E-state index contributed by atoms with van der Waals surface area (Å²) < 4.78 is 17.4. The monoisotopic (exact) mass is 394 g/mol. The van der Waals surface area contributed by atoms with Crippen molar-refractivity contribution in [2.75, 3.05) is 13.2 Å². The van der Waals surface area contributed by atoms with E-state index in [1.165, 1.54) is 5.57 Å². The zero-order valence-electron chi connectivity index (χ0n) is 17.1. The molecule has 1 aromatic heterocycles. The van der Waals surface area contributed by atoms with Crippen LogP contribution in [0.25, 0.3) is 6.08 Å². The highest BCUT2D eigenvalue weighted by atomic mass is 16.5. The predicted molar refractivity (Wildman–Crippen MR) is 116 cm³/mol. The van der Waals surface area contributed by atoms with Gasteiger partial charge in [-0.25, -0.2) is 0 Å². The van der Waals surface area contributed by atoms with Crippen molar-refractivity contribution in [1.29, 1.82) is 0 Å².